The van der Waals surface area contributed by atoms with Gasteiger partial charge in [-0.3, -0.25) is 10.1 Å². The molecule has 6 heteroatoms. The smallest absolute Gasteiger partial charge is 0.269 e. The first-order chi connectivity index (χ1) is 9.06. The van der Waals surface area contributed by atoms with Crippen LogP contribution in [0.15, 0.2) is 47.4 Å². The summed E-state index contributed by atoms with van der Waals surface area (Å²) < 4.78 is 0. The van der Waals surface area contributed by atoms with Crippen molar-refractivity contribution in [3.05, 3.63) is 58.1 Å². The van der Waals surface area contributed by atoms with Gasteiger partial charge in [-0.1, -0.05) is 6.07 Å². The number of thioether (sulfide) groups is 1. The van der Waals surface area contributed by atoms with Gasteiger partial charge in [0.25, 0.3) is 5.69 Å². The number of phenols is 1. The first kappa shape index (κ1) is 13.2. The van der Waals surface area contributed by atoms with E-state index in [-0.39, 0.29) is 11.4 Å². The Morgan fingerprint density at radius 1 is 1.26 bits per heavy atom. The summed E-state index contributed by atoms with van der Waals surface area (Å²) in [5.74, 6) is 0.703. The van der Waals surface area contributed by atoms with Crippen LogP contribution in [0.5, 0.6) is 5.75 Å². The molecule has 0 amide bonds. The highest BCUT2D eigenvalue weighted by Crippen LogP contribution is 2.29. The number of nitro benzene ring substituents is 1. The van der Waals surface area contributed by atoms with Gasteiger partial charge in [-0.15, -0.1) is 11.8 Å². The van der Waals surface area contributed by atoms with E-state index in [4.69, 9.17) is 5.73 Å². The second-order valence-electron chi connectivity index (χ2n) is 3.93. The van der Waals surface area contributed by atoms with Crippen molar-refractivity contribution >= 4 is 23.1 Å². The molecule has 0 bridgehead atoms. The second kappa shape index (κ2) is 5.62. The number of aromatic hydroxyl groups is 1. The molecule has 2 rings (SSSR count). The van der Waals surface area contributed by atoms with E-state index in [1.54, 1.807) is 18.2 Å². The van der Waals surface area contributed by atoms with E-state index in [9.17, 15) is 15.2 Å². The van der Waals surface area contributed by atoms with Gasteiger partial charge < -0.3 is 10.8 Å². The standard InChI is InChI=1S/C13H12N2O3S/c14-13-5-4-10(15(17)18)6-9(13)8-19-12-3-1-2-11(16)7-12/h1-7,16H,8,14H2. The molecule has 3 N–H and O–H groups in total. The van der Waals surface area contributed by atoms with Crippen LogP contribution in [0.4, 0.5) is 11.4 Å². The molecule has 0 aliphatic rings. The zero-order valence-electron chi connectivity index (χ0n) is 9.95. The molecule has 0 saturated heterocycles. The average Bonchev–Trinajstić information content (AvgIpc) is 2.37. The SMILES string of the molecule is Nc1ccc([N+](=O)[O-])cc1CSc1cccc(O)c1. The molecular formula is C13H12N2O3S. The van der Waals surface area contributed by atoms with E-state index in [2.05, 4.69) is 0 Å². The highest BCUT2D eigenvalue weighted by molar-refractivity contribution is 7.98. The number of nitrogen functional groups attached to an aromatic ring is 1. The first-order valence-corrected chi connectivity index (χ1v) is 6.49. The van der Waals surface area contributed by atoms with Crippen molar-refractivity contribution in [3.63, 3.8) is 0 Å². The molecule has 0 atom stereocenters. The van der Waals surface area contributed by atoms with Gasteiger partial charge in [-0.25, -0.2) is 0 Å². The lowest BCUT2D eigenvalue weighted by Crippen LogP contribution is -1.95. The molecule has 2 aromatic carbocycles. The topological polar surface area (TPSA) is 89.4 Å². The van der Waals surface area contributed by atoms with E-state index in [0.717, 1.165) is 4.90 Å². The van der Waals surface area contributed by atoms with Gasteiger partial charge in [0.1, 0.15) is 5.75 Å². The summed E-state index contributed by atoms with van der Waals surface area (Å²) >= 11 is 1.46. The van der Waals surface area contributed by atoms with Gasteiger partial charge in [0, 0.05) is 28.5 Å². The number of rotatable bonds is 4. The molecule has 0 unspecified atom stereocenters. The minimum Gasteiger partial charge on any atom is -0.508 e. The number of nitrogens with zero attached hydrogens (tertiary/aromatic N) is 1. The monoisotopic (exact) mass is 276 g/mol. The molecule has 0 radical (unpaired) electrons. The summed E-state index contributed by atoms with van der Waals surface area (Å²) in [6, 6.07) is 11.2. The Morgan fingerprint density at radius 2 is 2.05 bits per heavy atom. The zero-order chi connectivity index (χ0) is 13.8. The second-order valence-corrected chi connectivity index (χ2v) is 4.98. The van der Waals surface area contributed by atoms with E-state index in [0.29, 0.717) is 17.0 Å². The van der Waals surface area contributed by atoms with Crippen molar-refractivity contribution in [2.75, 3.05) is 5.73 Å². The fourth-order valence-electron chi connectivity index (χ4n) is 1.57. The van der Waals surface area contributed by atoms with Crippen molar-refractivity contribution in [1.82, 2.24) is 0 Å². The molecule has 0 saturated carbocycles. The maximum Gasteiger partial charge on any atom is 0.269 e. The Balaban J connectivity index is 2.15. The van der Waals surface area contributed by atoms with Crippen LogP contribution >= 0.6 is 11.8 Å². The number of nitro groups is 1. The van der Waals surface area contributed by atoms with Crippen LogP contribution in [-0.4, -0.2) is 10.0 Å². The molecular weight excluding hydrogens is 264 g/mol. The summed E-state index contributed by atoms with van der Waals surface area (Å²) in [4.78, 5) is 11.1. The molecule has 0 spiro atoms. The quantitative estimate of drug-likeness (QED) is 0.387. The summed E-state index contributed by atoms with van der Waals surface area (Å²) in [5, 5.41) is 20.1. The summed E-state index contributed by atoms with van der Waals surface area (Å²) in [6.45, 7) is 0. The van der Waals surface area contributed by atoms with Crippen molar-refractivity contribution in [2.24, 2.45) is 0 Å². The summed E-state index contributed by atoms with van der Waals surface area (Å²) in [5.41, 5.74) is 7.06. The molecule has 0 aliphatic carbocycles. The van der Waals surface area contributed by atoms with Crippen molar-refractivity contribution in [2.45, 2.75) is 10.6 Å². The third-order valence-corrected chi connectivity index (χ3v) is 3.59. The first-order valence-electron chi connectivity index (χ1n) is 5.51. The zero-order valence-corrected chi connectivity index (χ0v) is 10.8. The number of hydrogen-bond acceptors (Lipinski definition) is 5. The Morgan fingerprint density at radius 3 is 2.74 bits per heavy atom. The van der Waals surface area contributed by atoms with Gasteiger partial charge in [0.2, 0.25) is 0 Å². The summed E-state index contributed by atoms with van der Waals surface area (Å²) in [7, 11) is 0. The predicted molar refractivity (Wildman–Crippen MR) is 75.2 cm³/mol. The third-order valence-electron chi connectivity index (χ3n) is 2.55. The molecule has 98 valence electrons. The molecule has 0 aliphatic heterocycles. The number of phenolic OH excluding ortho intramolecular Hbond substituents is 1. The maximum atomic E-state index is 10.7. The van der Waals surface area contributed by atoms with E-state index in [1.165, 1.54) is 30.0 Å². The minimum absolute atomic E-state index is 0.0284. The largest absolute Gasteiger partial charge is 0.508 e. The normalized spacial score (nSPS) is 10.3. The van der Waals surface area contributed by atoms with Crippen molar-refractivity contribution < 1.29 is 10.0 Å². The van der Waals surface area contributed by atoms with Gasteiger partial charge in [-0.2, -0.15) is 0 Å². The van der Waals surface area contributed by atoms with E-state index in [1.807, 2.05) is 6.07 Å². The van der Waals surface area contributed by atoms with Crippen LogP contribution in [0.2, 0.25) is 0 Å². The maximum absolute atomic E-state index is 10.7. The molecule has 0 heterocycles. The van der Waals surface area contributed by atoms with Crippen molar-refractivity contribution in [3.8, 4) is 5.75 Å². The fourth-order valence-corrected chi connectivity index (χ4v) is 2.52. The predicted octanol–water partition coefficient (Wildman–Crippen LogP) is 3.17. The lowest BCUT2D eigenvalue weighted by molar-refractivity contribution is -0.384. The molecule has 0 fully saturated rings. The van der Waals surface area contributed by atoms with Crippen LogP contribution in [-0.2, 0) is 5.75 Å². The molecule has 5 nitrogen and oxygen atoms in total. The molecule has 0 aromatic heterocycles. The number of benzene rings is 2. The van der Waals surface area contributed by atoms with Crippen LogP contribution < -0.4 is 5.73 Å². The van der Waals surface area contributed by atoms with Crippen molar-refractivity contribution in [1.29, 1.82) is 0 Å². The van der Waals surface area contributed by atoms with E-state index >= 15 is 0 Å². The average molecular weight is 276 g/mol. The third kappa shape index (κ3) is 3.38. The molecule has 2 aromatic rings. The van der Waals surface area contributed by atoms with Gasteiger partial charge >= 0.3 is 0 Å². The Bertz CT molecular complexity index is 617. The number of hydrogen-bond donors (Lipinski definition) is 2. The van der Waals surface area contributed by atoms with Crippen LogP contribution in [0.1, 0.15) is 5.56 Å². The summed E-state index contributed by atoms with van der Waals surface area (Å²) in [6.07, 6.45) is 0. The van der Waals surface area contributed by atoms with E-state index < -0.39 is 4.92 Å². The molecule has 19 heavy (non-hydrogen) atoms. The minimum atomic E-state index is -0.443. The van der Waals surface area contributed by atoms with Gasteiger partial charge in [0.15, 0.2) is 0 Å². The lowest BCUT2D eigenvalue weighted by atomic mass is 10.2. The Kier molecular flexibility index (Phi) is 3.91. The number of non-ortho nitro benzene ring substituents is 1. The van der Waals surface area contributed by atoms with Gasteiger partial charge in [-0.05, 0) is 29.8 Å². The number of anilines is 1. The van der Waals surface area contributed by atoms with Crippen LogP contribution in [0.25, 0.3) is 0 Å². The number of nitrogens with two attached hydrogens (primary N) is 1. The van der Waals surface area contributed by atoms with Crippen LogP contribution in [0.3, 0.4) is 0 Å². The Labute approximate surface area is 114 Å². The highest BCUT2D eigenvalue weighted by atomic mass is 32.2. The fraction of sp³-hybridized carbons (Fsp3) is 0.0769. The van der Waals surface area contributed by atoms with Crippen LogP contribution in [0, 0.1) is 10.1 Å². The Hall–Kier alpha value is -2.21. The van der Waals surface area contributed by atoms with Gasteiger partial charge in [0.05, 0.1) is 4.92 Å². The highest BCUT2D eigenvalue weighted by Gasteiger charge is 2.09. The lowest BCUT2D eigenvalue weighted by Gasteiger charge is -2.06.